The zero-order valence-electron chi connectivity index (χ0n) is 21.1. The molecule has 34 heavy (non-hydrogen) atoms. The zero-order chi connectivity index (χ0) is 24.5. The first-order chi connectivity index (χ1) is 16.2. The lowest BCUT2D eigenvalue weighted by Crippen LogP contribution is -2.50. The Morgan fingerprint density at radius 1 is 1.09 bits per heavy atom. The zero-order valence-corrected chi connectivity index (χ0v) is 21.9. The van der Waals surface area contributed by atoms with Crippen molar-refractivity contribution < 1.29 is 13.2 Å². The van der Waals surface area contributed by atoms with Crippen LogP contribution in [0.5, 0.6) is 0 Å². The number of benzene rings is 1. The van der Waals surface area contributed by atoms with E-state index in [1.165, 1.54) is 34.5 Å². The lowest BCUT2D eigenvalue weighted by atomic mass is 9.80. The molecule has 1 aliphatic carbocycles. The number of hydrogen-bond acceptors (Lipinski definition) is 4. The van der Waals surface area contributed by atoms with E-state index in [4.69, 9.17) is 4.99 Å². The summed E-state index contributed by atoms with van der Waals surface area (Å²) in [6.45, 7) is 9.03. The Hall–Kier alpha value is -1.99. The van der Waals surface area contributed by atoms with E-state index in [0.717, 1.165) is 47.7 Å². The maximum absolute atomic E-state index is 13.1. The quantitative estimate of drug-likeness (QED) is 0.632. The lowest BCUT2D eigenvalue weighted by molar-refractivity contribution is -0.125. The minimum absolute atomic E-state index is 0.0463. The second-order valence-electron chi connectivity index (χ2n) is 10.4. The molecule has 6 nitrogen and oxygen atoms in total. The molecule has 0 radical (unpaired) electrons. The van der Waals surface area contributed by atoms with E-state index in [1.807, 2.05) is 13.8 Å². The van der Waals surface area contributed by atoms with Crippen LogP contribution in [0.25, 0.3) is 6.08 Å². The largest absolute Gasteiger partial charge is 0.312 e. The van der Waals surface area contributed by atoms with Crippen molar-refractivity contribution in [3.63, 3.8) is 0 Å². The van der Waals surface area contributed by atoms with Crippen LogP contribution in [0.3, 0.4) is 0 Å². The summed E-state index contributed by atoms with van der Waals surface area (Å²) < 4.78 is 27.6. The average molecular weight is 486 g/mol. The van der Waals surface area contributed by atoms with Crippen molar-refractivity contribution in [1.29, 1.82) is 0 Å². The van der Waals surface area contributed by atoms with Crippen molar-refractivity contribution in [2.45, 2.75) is 84.6 Å². The van der Waals surface area contributed by atoms with Crippen molar-refractivity contribution in [3.05, 3.63) is 39.8 Å². The summed E-state index contributed by atoms with van der Waals surface area (Å²) in [5.74, 6) is 1.93. The Balaban J connectivity index is 1.42. The summed E-state index contributed by atoms with van der Waals surface area (Å²) in [4.78, 5) is 17.8. The Kier molecular flexibility index (Phi) is 7.34. The Labute approximate surface area is 205 Å². The number of aryl methyl sites for hydroxylation is 3. The van der Waals surface area contributed by atoms with Gasteiger partial charge in [-0.25, -0.2) is 8.42 Å². The molecule has 1 N–H and O–H groups in total. The highest BCUT2D eigenvalue weighted by Gasteiger charge is 2.48. The Bertz CT molecular complexity index is 1070. The number of carbonyl (C=O) groups is 1. The number of carbonyl (C=O) groups excluding carboxylic acids is 1. The highest BCUT2D eigenvalue weighted by atomic mass is 32.2. The van der Waals surface area contributed by atoms with Gasteiger partial charge in [0.05, 0.1) is 0 Å². The molecule has 2 heterocycles. The molecule has 1 amide bonds. The van der Waals surface area contributed by atoms with E-state index in [1.54, 1.807) is 6.08 Å². The number of nitrogens with zero attached hydrogens (tertiary/aromatic N) is 2. The Morgan fingerprint density at radius 3 is 2.26 bits per heavy atom. The standard InChI is InChI=1S/C27H39N3O3S/c1-5-21-7-9-23(10-8-21)25-28-26(31)27(29-25)12-14-30(15-13-27)34(32,33)16-11-24-19(3)17-22(6-2)18-20(24)4/h11,16-18,21,23H,5-10,12-15H2,1-4H3,(H,28,29,31)/b16-11+. The Morgan fingerprint density at radius 2 is 1.71 bits per heavy atom. The van der Waals surface area contributed by atoms with Gasteiger partial charge in [0, 0.05) is 24.4 Å². The van der Waals surface area contributed by atoms with Crippen LogP contribution in [-0.2, 0) is 21.2 Å². The molecule has 2 aliphatic heterocycles. The molecule has 7 heteroatoms. The molecule has 1 aromatic rings. The first-order valence-corrected chi connectivity index (χ1v) is 14.4. The minimum atomic E-state index is -3.56. The average Bonchev–Trinajstić information content (AvgIpc) is 3.14. The topological polar surface area (TPSA) is 78.8 Å². The molecule has 1 saturated carbocycles. The van der Waals surface area contributed by atoms with Crippen LogP contribution < -0.4 is 5.32 Å². The number of nitrogens with one attached hydrogen (secondary N) is 1. The fraction of sp³-hybridized carbons (Fsp3) is 0.630. The summed E-state index contributed by atoms with van der Waals surface area (Å²) in [7, 11) is -3.56. The van der Waals surface area contributed by atoms with Crippen LogP contribution in [0.2, 0.25) is 0 Å². The molecule has 1 aromatic carbocycles. The summed E-state index contributed by atoms with van der Waals surface area (Å²) >= 11 is 0. The molecule has 0 bridgehead atoms. The summed E-state index contributed by atoms with van der Waals surface area (Å²) in [5, 5.41) is 4.39. The van der Waals surface area contributed by atoms with E-state index in [-0.39, 0.29) is 5.91 Å². The molecule has 0 unspecified atom stereocenters. The first-order valence-electron chi connectivity index (χ1n) is 12.9. The maximum atomic E-state index is 13.1. The maximum Gasteiger partial charge on any atom is 0.253 e. The summed E-state index contributed by atoms with van der Waals surface area (Å²) in [5.41, 5.74) is 3.58. The fourth-order valence-electron chi connectivity index (χ4n) is 5.80. The van der Waals surface area contributed by atoms with Gasteiger partial charge in [-0.2, -0.15) is 4.31 Å². The van der Waals surface area contributed by atoms with Crippen LogP contribution in [0, 0.1) is 25.7 Å². The number of piperidine rings is 1. The number of aliphatic imine (C=N–C) groups is 1. The van der Waals surface area contributed by atoms with Crippen LogP contribution in [0.15, 0.2) is 22.5 Å². The third-order valence-corrected chi connectivity index (χ3v) is 9.75. The predicted molar refractivity (Wildman–Crippen MR) is 138 cm³/mol. The molecule has 0 aromatic heterocycles. The van der Waals surface area contributed by atoms with Crippen LogP contribution in [0.4, 0.5) is 0 Å². The van der Waals surface area contributed by atoms with E-state index in [9.17, 15) is 13.2 Å². The highest BCUT2D eigenvalue weighted by Crippen LogP contribution is 2.36. The van der Waals surface area contributed by atoms with Gasteiger partial charge in [0.15, 0.2) is 0 Å². The van der Waals surface area contributed by atoms with Crippen LogP contribution >= 0.6 is 0 Å². The summed E-state index contributed by atoms with van der Waals surface area (Å²) in [6.07, 6.45) is 9.31. The first kappa shape index (κ1) is 25.1. The smallest absolute Gasteiger partial charge is 0.253 e. The van der Waals surface area contributed by atoms with Crippen molar-refractivity contribution in [1.82, 2.24) is 9.62 Å². The molecule has 1 saturated heterocycles. The molecule has 2 fully saturated rings. The van der Waals surface area contributed by atoms with Crippen molar-refractivity contribution in [2.24, 2.45) is 16.8 Å². The molecule has 1 spiro atoms. The molecule has 4 rings (SSSR count). The third kappa shape index (κ3) is 5.01. The van der Waals surface area contributed by atoms with Gasteiger partial charge in [0.2, 0.25) is 10.0 Å². The molecule has 0 atom stereocenters. The van der Waals surface area contributed by atoms with Gasteiger partial charge in [-0.3, -0.25) is 9.79 Å². The second-order valence-corrected chi connectivity index (χ2v) is 12.2. The second kappa shape index (κ2) is 9.94. The van der Waals surface area contributed by atoms with Gasteiger partial charge in [0.25, 0.3) is 5.91 Å². The van der Waals surface area contributed by atoms with Gasteiger partial charge in [-0.15, -0.1) is 0 Å². The minimum Gasteiger partial charge on any atom is -0.312 e. The number of amidine groups is 1. The fourth-order valence-corrected chi connectivity index (χ4v) is 6.97. The molecule has 3 aliphatic rings. The predicted octanol–water partition coefficient (Wildman–Crippen LogP) is 4.75. The lowest BCUT2D eigenvalue weighted by Gasteiger charge is -2.34. The molecule has 186 valence electrons. The van der Waals surface area contributed by atoms with Gasteiger partial charge in [0.1, 0.15) is 11.4 Å². The van der Waals surface area contributed by atoms with Gasteiger partial charge < -0.3 is 5.32 Å². The van der Waals surface area contributed by atoms with Crippen molar-refractivity contribution >= 4 is 27.8 Å². The number of amides is 1. The van der Waals surface area contributed by atoms with Gasteiger partial charge in [-0.1, -0.05) is 32.4 Å². The van der Waals surface area contributed by atoms with E-state index < -0.39 is 15.6 Å². The summed E-state index contributed by atoms with van der Waals surface area (Å²) in [6, 6.07) is 4.24. The normalized spacial score (nSPS) is 25.6. The van der Waals surface area contributed by atoms with Crippen molar-refractivity contribution in [3.8, 4) is 0 Å². The monoisotopic (exact) mass is 485 g/mol. The SMILES string of the molecule is CCc1cc(C)c(/C=C/S(=O)(=O)N2CCC3(CC2)N=C(C2CCC(CC)CC2)NC3=O)c(C)c1. The number of sulfonamides is 1. The van der Waals surface area contributed by atoms with Crippen LogP contribution in [0.1, 0.15) is 81.0 Å². The van der Waals surface area contributed by atoms with Crippen LogP contribution in [-0.4, -0.2) is 43.1 Å². The van der Waals surface area contributed by atoms with Gasteiger partial charge in [-0.05, 0) is 93.0 Å². The molecular weight excluding hydrogens is 446 g/mol. The van der Waals surface area contributed by atoms with E-state index >= 15 is 0 Å². The number of hydrogen-bond donors (Lipinski definition) is 1. The number of rotatable bonds is 6. The van der Waals surface area contributed by atoms with E-state index in [0.29, 0.717) is 31.8 Å². The highest BCUT2D eigenvalue weighted by molar-refractivity contribution is 7.92. The third-order valence-electron chi connectivity index (χ3n) is 8.19. The van der Waals surface area contributed by atoms with Crippen molar-refractivity contribution in [2.75, 3.05) is 13.1 Å². The van der Waals surface area contributed by atoms with E-state index in [2.05, 4.69) is 31.3 Å². The van der Waals surface area contributed by atoms with Gasteiger partial charge >= 0.3 is 0 Å². The molecular formula is C27H39N3O3S.